The summed E-state index contributed by atoms with van der Waals surface area (Å²) in [5, 5.41) is 2.93. The van der Waals surface area contributed by atoms with E-state index in [2.05, 4.69) is 36.5 Å². The topological polar surface area (TPSA) is 12.0 Å². The molecule has 0 bridgehead atoms. The van der Waals surface area contributed by atoms with Gasteiger partial charge in [0.1, 0.15) is 0 Å². The Balaban J connectivity index is 0.000000291. The highest BCUT2D eigenvalue weighted by Crippen LogP contribution is 2.44. The van der Waals surface area contributed by atoms with Gasteiger partial charge in [-0.3, -0.25) is 0 Å². The minimum atomic E-state index is 0.911. The van der Waals surface area contributed by atoms with E-state index in [0.29, 0.717) is 0 Å². The normalized spacial score (nSPS) is 23.2. The summed E-state index contributed by atoms with van der Waals surface area (Å²) in [6.07, 6.45) is 8.64. The zero-order valence-corrected chi connectivity index (χ0v) is 13.9. The molecule has 2 aliphatic rings. The molecule has 0 heterocycles. The second-order valence-electron chi connectivity index (χ2n) is 5.60. The fraction of sp³-hybridized carbons (Fsp3) is 0.684. The molecule has 0 saturated heterocycles. The van der Waals surface area contributed by atoms with Crippen molar-refractivity contribution in [1.29, 1.82) is 0 Å². The first-order valence-electron chi connectivity index (χ1n) is 8.59. The van der Waals surface area contributed by atoms with Gasteiger partial charge in [-0.1, -0.05) is 57.9 Å². The molecule has 2 aliphatic carbocycles. The molecule has 0 aliphatic heterocycles. The molecule has 1 N–H and O–H groups in total. The first-order chi connectivity index (χ1) is 9.86. The van der Waals surface area contributed by atoms with Crippen LogP contribution in [-0.4, -0.2) is 13.6 Å². The number of benzene rings is 1. The largest absolute Gasteiger partial charge is 0.320 e. The van der Waals surface area contributed by atoms with Gasteiger partial charge < -0.3 is 5.32 Å². The Morgan fingerprint density at radius 3 is 2.40 bits per heavy atom. The molecular weight excluding hydrogens is 242 g/mol. The fourth-order valence-electron chi connectivity index (χ4n) is 3.43. The average Bonchev–Trinajstić information content (AvgIpc) is 2.57. The fourth-order valence-corrected chi connectivity index (χ4v) is 3.43. The van der Waals surface area contributed by atoms with Crippen molar-refractivity contribution in [2.24, 2.45) is 5.92 Å². The maximum atomic E-state index is 2.93. The molecule has 0 radical (unpaired) electrons. The van der Waals surface area contributed by atoms with E-state index in [9.17, 15) is 0 Å². The summed E-state index contributed by atoms with van der Waals surface area (Å²) >= 11 is 0. The van der Waals surface area contributed by atoms with E-state index in [-0.39, 0.29) is 0 Å². The van der Waals surface area contributed by atoms with Crippen molar-refractivity contribution in [3.63, 3.8) is 0 Å². The van der Waals surface area contributed by atoms with Crippen LogP contribution < -0.4 is 5.32 Å². The quantitative estimate of drug-likeness (QED) is 0.746. The molecule has 1 aromatic carbocycles. The van der Waals surface area contributed by atoms with Crippen LogP contribution in [0.2, 0.25) is 0 Å². The average molecular weight is 275 g/mol. The Bertz CT molecular complexity index is 357. The summed E-state index contributed by atoms with van der Waals surface area (Å²) in [5.41, 5.74) is 3.32. The summed E-state index contributed by atoms with van der Waals surface area (Å²) in [6, 6.07) is 9.12. The number of hydrogen-bond acceptors (Lipinski definition) is 1. The highest BCUT2D eigenvalue weighted by molar-refractivity contribution is 5.33. The van der Waals surface area contributed by atoms with Gasteiger partial charge in [-0.05, 0) is 62.2 Å². The van der Waals surface area contributed by atoms with Crippen molar-refractivity contribution in [2.45, 2.75) is 65.2 Å². The van der Waals surface area contributed by atoms with Gasteiger partial charge in [0.2, 0.25) is 0 Å². The number of hydrogen-bond donors (Lipinski definition) is 1. The van der Waals surface area contributed by atoms with E-state index in [1.807, 2.05) is 20.9 Å². The third-order valence-corrected chi connectivity index (χ3v) is 4.50. The lowest BCUT2D eigenvalue weighted by atomic mass is 9.68. The first-order valence-corrected chi connectivity index (χ1v) is 8.59. The van der Waals surface area contributed by atoms with Crippen molar-refractivity contribution >= 4 is 0 Å². The molecule has 1 heteroatoms. The molecule has 1 aromatic rings. The monoisotopic (exact) mass is 275 g/mol. The van der Waals surface area contributed by atoms with Crippen molar-refractivity contribution in [3.8, 4) is 0 Å². The Hall–Kier alpha value is -0.820. The van der Waals surface area contributed by atoms with E-state index in [1.165, 1.54) is 38.5 Å². The van der Waals surface area contributed by atoms with Crippen LogP contribution in [0.25, 0.3) is 0 Å². The molecule has 114 valence electrons. The summed E-state index contributed by atoms with van der Waals surface area (Å²) in [6.45, 7) is 7.14. The molecule has 0 aromatic heterocycles. The molecule has 2 unspecified atom stereocenters. The number of aryl methyl sites for hydroxylation is 1. The van der Waals surface area contributed by atoms with Gasteiger partial charge in [0.25, 0.3) is 0 Å². The van der Waals surface area contributed by atoms with Crippen molar-refractivity contribution < 1.29 is 0 Å². The molecule has 20 heavy (non-hydrogen) atoms. The Morgan fingerprint density at radius 2 is 1.70 bits per heavy atom. The minimum Gasteiger partial charge on any atom is -0.320 e. The number of nitrogens with one attached hydrogen (secondary N) is 1. The van der Waals surface area contributed by atoms with Gasteiger partial charge in [0, 0.05) is 0 Å². The standard InChI is InChI=1S/C14H18.C3H9N.C2H6/c1-3-7-13-11(5-1)9-10-12-6-2-4-8-14(12)13;1-3-4-2;1-2/h1,3,5,7,12,14H,2,4,6,8-10H2;4H,3H2,1-2H3;1-2H3. The van der Waals surface area contributed by atoms with Gasteiger partial charge in [-0.25, -0.2) is 0 Å². The van der Waals surface area contributed by atoms with Crippen LogP contribution in [0.3, 0.4) is 0 Å². The van der Waals surface area contributed by atoms with E-state index < -0.39 is 0 Å². The van der Waals surface area contributed by atoms with Gasteiger partial charge in [-0.15, -0.1) is 0 Å². The van der Waals surface area contributed by atoms with Crippen molar-refractivity contribution in [3.05, 3.63) is 35.4 Å². The Morgan fingerprint density at radius 1 is 1.05 bits per heavy atom. The highest BCUT2D eigenvalue weighted by Gasteiger charge is 2.30. The van der Waals surface area contributed by atoms with Crippen LogP contribution in [0, 0.1) is 5.92 Å². The predicted molar refractivity (Wildman–Crippen MR) is 90.4 cm³/mol. The van der Waals surface area contributed by atoms with E-state index >= 15 is 0 Å². The zero-order valence-electron chi connectivity index (χ0n) is 13.9. The summed E-state index contributed by atoms with van der Waals surface area (Å²) in [7, 11) is 1.93. The Labute approximate surface area is 126 Å². The second-order valence-corrected chi connectivity index (χ2v) is 5.60. The molecule has 1 saturated carbocycles. The van der Waals surface area contributed by atoms with Crippen molar-refractivity contribution in [1.82, 2.24) is 5.32 Å². The number of rotatable bonds is 1. The third-order valence-electron chi connectivity index (χ3n) is 4.50. The van der Waals surface area contributed by atoms with Crippen LogP contribution in [0.4, 0.5) is 0 Å². The predicted octanol–water partition coefficient (Wildman–Crippen LogP) is 5.16. The van der Waals surface area contributed by atoms with Crippen LogP contribution in [-0.2, 0) is 6.42 Å². The molecular formula is C19H33N. The van der Waals surface area contributed by atoms with E-state index in [4.69, 9.17) is 0 Å². The second kappa shape index (κ2) is 9.99. The molecule has 3 rings (SSSR count). The SMILES string of the molecule is CC.CCNC.c1ccc2c(c1)CCC1CCCCC21. The van der Waals surface area contributed by atoms with E-state index in [0.717, 1.165) is 18.4 Å². The minimum absolute atomic E-state index is 0.911. The van der Waals surface area contributed by atoms with Gasteiger partial charge >= 0.3 is 0 Å². The summed E-state index contributed by atoms with van der Waals surface area (Å²) in [4.78, 5) is 0. The maximum Gasteiger partial charge on any atom is -0.00804 e. The summed E-state index contributed by atoms with van der Waals surface area (Å²) in [5.74, 6) is 1.92. The molecule has 2 atom stereocenters. The third kappa shape index (κ3) is 4.63. The zero-order chi connectivity index (χ0) is 14.8. The molecule has 0 spiro atoms. The highest BCUT2D eigenvalue weighted by atomic mass is 14.8. The van der Waals surface area contributed by atoms with Gasteiger partial charge in [0.05, 0.1) is 0 Å². The van der Waals surface area contributed by atoms with Crippen LogP contribution in [0.15, 0.2) is 24.3 Å². The lowest BCUT2D eigenvalue weighted by Crippen LogP contribution is -2.23. The molecule has 1 fully saturated rings. The molecule has 1 nitrogen and oxygen atoms in total. The van der Waals surface area contributed by atoms with E-state index in [1.54, 1.807) is 11.1 Å². The molecule has 0 amide bonds. The maximum absolute atomic E-state index is 2.93. The van der Waals surface area contributed by atoms with Crippen molar-refractivity contribution in [2.75, 3.05) is 13.6 Å². The number of fused-ring (bicyclic) bond motifs is 3. The van der Waals surface area contributed by atoms with Crippen LogP contribution >= 0.6 is 0 Å². The van der Waals surface area contributed by atoms with Crippen LogP contribution in [0.1, 0.15) is 69.9 Å². The first kappa shape index (κ1) is 17.2. The van der Waals surface area contributed by atoms with Crippen LogP contribution in [0.5, 0.6) is 0 Å². The van der Waals surface area contributed by atoms with Gasteiger partial charge in [0.15, 0.2) is 0 Å². The lowest BCUT2D eigenvalue weighted by molar-refractivity contribution is 0.275. The Kier molecular flexibility index (Phi) is 8.60. The lowest BCUT2D eigenvalue weighted by Gasteiger charge is -2.37. The smallest absolute Gasteiger partial charge is 0.00804 e. The summed E-state index contributed by atoms with van der Waals surface area (Å²) < 4.78 is 0. The van der Waals surface area contributed by atoms with Gasteiger partial charge in [-0.2, -0.15) is 0 Å².